The molecule has 8 heteroatoms. The number of carbonyl (C=O) groups excluding carboxylic acids is 2. The van der Waals surface area contributed by atoms with Crippen molar-refractivity contribution >= 4 is 11.9 Å². The Balaban J connectivity index is 2.38. The fourth-order valence-corrected chi connectivity index (χ4v) is 1.87. The van der Waals surface area contributed by atoms with Crippen molar-refractivity contribution in [3.05, 3.63) is 41.0 Å². The van der Waals surface area contributed by atoms with Crippen LogP contribution in [-0.4, -0.2) is 39.5 Å². The van der Waals surface area contributed by atoms with Crippen LogP contribution in [0.25, 0.3) is 0 Å². The number of methoxy groups -OCH3 is 1. The van der Waals surface area contributed by atoms with Gasteiger partial charge >= 0.3 is 11.9 Å². The highest BCUT2D eigenvalue weighted by molar-refractivity contribution is 5.94. The molecule has 24 heavy (non-hydrogen) atoms. The summed E-state index contributed by atoms with van der Waals surface area (Å²) < 4.78 is 9.40. The van der Waals surface area contributed by atoms with Gasteiger partial charge in [0.2, 0.25) is 5.75 Å². The molecule has 0 radical (unpaired) electrons. The summed E-state index contributed by atoms with van der Waals surface area (Å²) in [4.78, 5) is 23.6. The summed E-state index contributed by atoms with van der Waals surface area (Å²) in [6.07, 6.45) is 0. The molecule has 8 nitrogen and oxygen atoms in total. The predicted molar refractivity (Wildman–Crippen MR) is 80.6 cm³/mol. The van der Waals surface area contributed by atoms with E-state index in [9.17, 15) is 30.0 Å². The number of hydrogen-bond acceptors (Lipinski definition) is 8. The first kappa shape index (κ1) is 16.9. The van der Waals surface area contributed by atoms with Crippen LogP contribution in [0, 0.1) is 6.92 Å². The van der Waals surface area contributed by atoms with Crippen molar-refractivity contribution in [3.63, 3.8) is 0 Å². The second kappa shape index (κ2) is 6.37. The SMILES string of the molecule is COC(=O)c1cc(O)c(O)c(OC(=O)c2cc(O)c(C)c(O)c2)c1. The van der Waals surface area contributed by atoms with Crippen LogP contribution >= 0.6 is 0 Å². The number of esters is 2. The van der Waals surface area contributed by atoms with Crippen LogP contribution in [0.2, 0.25) is 0 Å². The fourth-order valence-electron chi connectivity index (χ4n) is 1.87. The molecule has 0 heterocycles. The Bertz CT molecular complexity index is 802. The van der Waals surface area contributed by atoms with Crippen LogP contribution in [0.3, 0.4) is 0 Å². The molecular weight excluding hydrogens is 320 g/mol. The van der Waals surface area contributed by atoms with Gasteiger partial charge < -0.3 is 29.9 Å². The molecule has 0 aliphatic heterocycles. The van der Waals surface area contributed by atoms with E-state index >= 15 is 0 Å². The first-order valence-electron chi connectivity index (χ1n) is 6.63. The topological polar surface area (TPSA) is 134 Å². The van der Waals surface area contributed by atoms with Gasteiger partial charge in [-0.1, -0.05) is 0 Å². The average molecular weight is 334 g/mol. The van der Waals surface area contributed by atoms with E-state index in [-0.39, 0.29) is 28.2 Å². The van der Waals surface area contributed by atoms with E-state index in [2.05, 4.69) is 4.74 Å². The Morgan fingerprint density at radius 3 is 1.88 bits per heavy atom. The van der Waals surface area contributed by atoms with Crippen LogP contribution in [0.4, 0.5) is 0 Å². The second-order valence-corrected chi connectivity index (χ2v) is 4.86. The standard InChI is InChI=1S/C16H14O8/c1-7-10(17)3-8(4-11(7)18)16(22)24-13-6-9(15(21)23-2)5-12(19)14(13)20/h3-6,17-20H,1-2H3. The number of hydrogen-bond donors (Lipinski definition) is 4. The molecule has 0 spiro atoms. The minimum absolute atomic E-state index is 0.148. The molecule has 0 fully saturated rings. The van der Waals surface area contributed by atoms with E-state index in [1.54, 1.807) is 0 Å². The van der Waals surface area contributed by atoms with E-state index in [0.717, 1.165) is 31.4 Å². The molecular formula is C16H14O8. The van der Waals surface area contributed by atoms with Gasteiger partial charge in [0.05, 0.1) is 18.2 Å². The molecule has 0 amide bonds. The molecule has 0 saturated carbocycles. The number of aromatic hydroxyl groups is 4. The maximum atomic E-state index is 12.1. The lowest BCUT2D eigenvalue weighted by Gasteiger charge is -2.10. The lowest BCUT2D eigenvalue weighted by Crippen LogP contribution is -2.10. The monoisotopic (exact) mass is 334 g/mol. The summed E-state index contributed by atoms with van der Waals surface area (Å²) in [5, 5.41) is 38.6. The van der Waals surface area contributed by atoms with Gasteiger partial charge in [-0.2, -0.15) is 0 Å². The van der Waals surface area contributed by atoms with Crippen molar-refractivity contribution in [3.8, 4) is 28.7 Å². The van der Waals surface area contributed by atoms with Gasteiger partial charge in [0.15, 0.2) is 11.5 Å². The third kappa shape index (κ3) is 3.17. The fraction of sp³-hybridized carbons (Fsp3) is 0.125. The van der Waals surface area contributed by atoms with Gasteiger partial charge in [0.25, 0.3) is 0 Å². The molecule has 2 aromatic carbocycles. The molecule has 0 aliphatic carbocycles. The zero-order chi connectivity index (χ0) is 18.0. The average Bonchev–Trinajstić information content (AvgIpc) is 2.55. The lowest BCUT2D eigenvalue weighted by atomic mass is 10.1. The maximum absolute atomic E-state index is 12.1. The third-order valence-corrected chi connectivity index (χ3v) is 3.27. The zero-order valence-corrected chi connectivity index (χ0v) is 12.7. The summed E-state index contributed by atoms with van der Waals surface area (Å²) in [5.74, 6) is -4.41. The molecule has 0 aliphatic rings. The van der Waals surface area contributed by atoms with Gasteiger partial charge in [-0.15, -0.1) is 0 Å². The van der Waals surface area contributed by atoms with Crippen LogP contribution in [0.1, 0.15) is 26.3 Å². The molecule has 0 aromatic heterocycles. The predicted octanol–water partition coefficient (Wildman–Crippen LogP) is 1.82. The maximum Gasteiger partial charge on any atom is 0.343 e. The van der Waals surface area contributed by atoms with Crippen molar-refractivity contribution in [1.82, 2.24) is 0 Å². The highest BCUT2D eigenvalue weighted by Crippen LogP contribution is 2.37. The molecule has 0 saturated heterocycles. The molecule has 126 valence electrons. The van der Waals surface area contributed by atoms with E-state index in [0.29, 0.717) is 0 Å². The molecule has 4 N–H and O–H groups in total. The van der Waals surface area contributed by atoms with E-state index in [1.807, 2.05) is 0 Å². The van der Waals surface area contributed by atoms with Crippen LogP contribution in [-0.2, 0) is 4.74 Å². The Kier molecular flexibility index (Phi) is 4.50. The Hall–Kier alpha value is -3.42. The van der Waals surface area contributed by atoms with Crippen molar-refractivity contribution in [2.75, 3.05) is 7.11 Å². The number of phenols is 4. The van der Waals surface area contributed by atoms with E-state index in [4.69, 9.17) is 4.74 Å². The molecule has 2 rings (SSSR count). The van der Waals surface area contributed by atoms with Crippen molar-refractivity contribution in [1.29, 1.82) is 0 Å². The molecule has 0 atom stereocenters. The number of benzene rings is 2. The highest BCUT2D eigenvalue weighted by atomic mass is 16.5. The summed E-state index contributed by atoms with van der Waals surface area (Å²) in [5.41, 5.74) is -0.164. The summed E-state index contributed by atoms with van der Waals surface area (Å²) in [6.45, 7) is 1.45. The first-order chi connectivity index (χ1) is 11.2. The largest absolute Gasteiger partial charge is 0.508 e. The quantitative estimate of drug-likeness (QED) is 0.379. The third-order valence-electron chi connectivity index (χ3n) is 3.27. The van der Waals surface area contributed by atoms with E-state index < -0.39 is 29.2 Å². The highest BCUT2D eigenvalue weighted by Gasteiger charge is 2.20. The number of rotatable bonds is 3. The zero-order valence-electron chi connectivity index (χ0n) is 12.7. The van der Waals surface area contributed by atoms with Crippen LogP contribution < -0.4 is 4.74 Å². The first-order valence-corrected chi connectivity index (χ1v) is 6.63. The van der Waals surface area contributed by atoms with Gasteiger partial charge in [0, 0.05) is 5.56 Å². The molecule has 2 aromatic rings. The van der Waals surface area contributed by atoms with E-state index in [1.165, 1.54) is 6.92 Å². The molecule has 0 unspecified atom stereocenters. The lowest BCUT2D eigenvalue weighted by molar-refractivity contribution is 0.0596. The molecule has 0 bridgehead atoms. The Morgan fingerprint density at radius 2 is 1.33 bits per heavy atom. The Morgan fingerprint density at radius 1 is 0.833 bits per heavy atom. The summed E-state index contributed by atoms with van der Waals surface area (Å²) in [6, 6.07) is 4.09. The summed E-state index contributed by atoms with van der Waals surface area (Å²) >= 11 is 0. The van der Waals surface area contributed by atoms with Gasteiger partial charge in [-0.05, 0) is 31.2 Å². The number of phenolic OH excluding ortho intramolecular Hbond substituents is 4. The van der Waals surface area contributed by atoms with Gasteiger partial charge in [-0.25, -0.2) is 9.59 Å². The van der Waals surface area contributed by atoms with Crippen molar-refractivity contribution < 1.29 is 39.5 Å². The normalized spacial score (nSPS) is 10.2. The van der Waals surface area contributed by atoms with Gasteiger partial charge in [-0.3, -0.25) is 0 Å². The number of ether oxygens (including phenoxy) is 2. The van der Waals surface area contributed by atoms with Crippen molar-refractivity contribution in [2.24, 2.45) is 0 Å². The number of carbonyl (C=O) groups is 2. The smallest absolute Gasteiger partial charge is 0.343 e. The second-order valence-electron chi connectivity index (χ2n) is 4.86. The minimum atomic E-state index is -1.03. The van der Waals surface area contributed by atoms with Crippen LogP contribution in [0.15, 0.2) is 24.3 Å². The Labute approximate surface area is 136 Å². The van der Waals surface area contributed by atoms with Gasteiger partial charge in [0.1, 0.15) is 11.5 Å². The summed E-state index contributed by atoms with van der Waals surface area (Å²) in [7, 11) is 1.12. The minimum Gasteiger partial charge on any atom is -0.508 e. The van der Waals surface area contributed by atoms with Crippen molar-refractivity contribution in [2.45, 2.75) is 6.92 Å². The van der Waals surface area contributed by atoms with Crippen LogP contribution in [0.5, 0.6) is 28.7 Å².